The number of H-pyrrole nitrogens is 4. The van der Waals surface area contributed by atoms with Crippen molar-refractivity contribution in [1.29, 1.82) is 0 Å². The molecule has 24 nitrogen and oxygen atoms in total. The van der Waals surface area contributed by atoms with Gasteiger partial charge >= 0.3 is 0 Å². The molecule has 121 heavy (non-hydrogen) atoms. The topological polar surface area (TPSA) is 300 Å². The summed E-state index contributed by atoms with van der Waals surface area (Å²) in [5.74, 6) is 0. The fourth-order valence-corrected chi connectivity index (χ4v) is 15.5. The van der Waals surface area contributed by atoms with Gasteiger partial charge in [-0.15, -0.1) is 0 Å². The molecule has 4 N–H and O–H groups in total. The second-order valence-corrected chi connectivity index (χ2v) is 30.0. The van der Waals surface area contributed by atoms with Crippen LogP contribution in [0.4, 0.5) is 45.5 Å². The zero-order valence-corrected chi connectivity index (χ0v) is 70.0. The molecule has 25 heteroatoms. The maximum atomic E-state index is 11.6. The van der Waals surface area contributed by atoms with Crippen molar-refractivity contribution >= 4 is 138 Å². The van der Waals surface area contributed by atoms with Gasteiger partial charge in [0.05, 0.1) is 65.2 Å². The van der Waals surface area contributed by atoms with Crippen LogP contribution in [0.5, 0.6) is 0 Å². The number of hydrogen-bond donors (Lipinski definition) is 4. The molecule has 8 aromatic carbocycles. The maximum Gasteiger partial charge on any atom is 0.269 e. The number of benzene rings is 8. The molecule has 0 spiro atoms. The Kier molecular flexibility index (Phi) is 21.5. The number of nitrogens with one attached hydrogen (secondary N) is 4. The standard InChI is InChI=1S/C52H50N8.C44H26N8O8.Zn/c1-57(2)37-17-9-33(10-18-37)49-41-25-27-43(53-41)50(34-11-19-38(20-12-34)58(3)4)45-29-31-47(55-45)52(36-15-23-40(24-16-36)60(7)8)48-32-30-46(56-48)51(44-28-26-42(49)54-44)35-13-21-39(22-14-35)59(5)6;53-49(54)29-9-1-25(2-10-29)41-33-17-19-35(45-33)42(26-3-11-30(12-4-26)50(55)56)37-21-23-39(47-37)44(28-7-15-32(16-8-28)52(59)60)40-24-22-38(48-40)43(36-20-18-34(41)46-36)27-5-13-31(14-6-27)51(57)58;/h9-32,53,56H,1-8H3;1-24,45,48H;. The number of nitrogens with zero attached hydrogens (tertiary/aromatic N) is 12. The smallest absolute Gasteiger partial charge is 0.269 e. The number of fused-ring (bicyclic) bond motifs is 16. The first-order valence-corrected chi connectivity index (χ1v) is 38.5. The van der Waals surface area contributed by atoms with Crippen LogP contribution in [0.1, 0.15) is 45.6 Å². The largest absolute Gasteiger partial charge is 0.378 e. The van der Waals surface area contributed by atoms with Crippen molar-refractivity contribution in [2.75, 3.05) is 76.0 Å². The SMILES string of the molecule is CN(C)c1ccc(-c2c3nc(c(-c4ccc(N(C)C)cc4)c4ccc([nH]4)c(-c4ccc(N(C)C)cc4)c4nc(c(-c5ccc(N(C)C)cc5)c5ccc2[nH]5)C=C4)C=C3)cc1.O=[N+]([O-])c1ccc(-c2c3nc(c(-c4ccc([N+](=O)[O-])cc4)c4ccc([nH]4)c(-c4ccc([N+](=O)[O-])cc4)c4nc(c(-c5ccc([N+](=O)[O-])cc5)c5ccc2[nH]5)C=C4)C=C3)cc1.[Zn]. The number of aromatic amines is 4. The molecule has 18 rings (SSSR count). The molecule has 6 aromatic heterocycles. The second kappa shape index (κ2) is 32.8. The van der Waals surface area contributed by atoms with Gasteiger partial charge in [-0.3, -0.25) is 40.5 Å². The molecule has 4 aliphatic heterocycles. The van der Waals surface area contributed by atoms with Gasteiger partial charge in [0.1, 0.15) is 0 Å². The Morgan fingerprint density at radius 1 is 0.207 bits per heavy atom. The molecule has 0 saturated heterocycles. The fraction of sp³-hybridized carbons (Fsp3) is 0.0833. The summed E-state index contributed by atoms with van der Waals surface area (Å²) in [6.45, 7) is 0. The first kappa shape index (κ1) is 79.2. The van der Waals surface area contributed by atoms with Gasteiger partial charge in [0.25, 0.3) is 22.7 Å². The van der Waals surface area contributed by atoms with Gasteiger partial charge in [-0.2, -0.15) is 0 Å². The molecule has 590 valence electrons. The van der Waals surface area contributed by atoms with E-state index in [-0.39, 0.29) is 42.2 Å². The van der Waals surface area contributed by atoms with Crippen LogP contribution in [0, 0.1) is 40.5 Å². The Bertz CT molecular complexity index is 6170. The first-order valence-electron chi connectivity index (χ1n) is 38.5. The third-order valence-electron chi connectivity index (χ3n) is 21.7. The van der Waals surface area contributed by atoms with Crippen molar-refractivity contribution in [3.8, 4) is 89.0 Å². The molecule has 10 heterocycles. The van der Waals surface area contributed by atoms with E-state index in [4.69, 9.17) is 19.9 Å². The monoisotopic (exact) mass is 1640 g/mol. The van der Waals surface area contributed by atoms with Crippen LogP contribution in [0.15, 0.2) is 243 Å². The molecule has 0 unspecified atom stereocenters. The van der Waals surface area contributed by atoms with Crippen LogP contribution in [0.3, 0.4) is 0 Å². The van der Waals surface area contributed by atoms with Crippen LogP contribution < -0.4 is 19.6 Å². The van der Waals surface area contributed by atoms with Gasteiger partial charge in [-0.25, -0.2) is 19.9 Å². The Morgan fingerprint density at radius 2 is 0.331 bits per heavy atom. The molecule has 0 radical (unpaired) electrons. The van der Waals surface area contributed by atoms with Crippen LogP contribution in [0.25, 0.3) is 182 Å². The van der Waals surface area contributed by atoms with Gasteiger partial charge in [-0.1, -0.05) is 48.5 Å². The van der Waals surface area contributed by atoms with E-state index >= 15 is 0 Å². The van der Waals surface area contributed by atoms with Crippen LogP contribution in [-0.2, 0) is 19.5 Å². The third-order valence-corrected chi connectivity index (χ3v) is 21.7. The van der Waals surface area contributed by atoms with E-state index in [2.05, 4.69) is 242 Å². The Labute approximate surface area is 706 Å². The van der Waals surface area contributed by atoms with Crippen LogP contribution in [0.2, 0.25) is 0 Å². The quantitative estimate of drug-likeness (QED) is 0.0397. The van der Waals surface area contributed by atoms with E-state index in [1.54, 1.807) is 48.5 Å². The Balaban J connectivity index is 0.000000178. The van der Waals surface area contributed by atoms with Gasteiger partial charge < -0.3 is 39.5 Å². The van der Waals surface area contributed by atoms with Crippen LogP contribution >= 0.6 is 0 Å². The zero-order valence-electron chi connectivity index (χ0n) is 67.1. The number of nitro benzene ring substituents is 4. The number of nitro groups is 4. The predicted octanol–water partition coefficient (Wildman–Crippen LogP) is 22.5. The second-order valence-electron chi connectivity index (χ2n) is 30.0. The van der Waals surface area contributed by atoms with E-state index in [0.717, 1.165) is 112 Å². The van der Waals surface area contributed by atoms with E-state index in [9.17, 15) is 40.5 Å². The van der Waals surface area contributed by atoms with Crippen molar-refractivity contribution < 1.29 is 39.2 Å². The van der Waals surface area contributed by atoms with Crippen molar-refractivity contribution in [3.05, 3.63) is 329 Å². The van der Waals surface area contributed by atoms with Crippen molar-refractivity contribution in [2.24, 2.45) is 0 Å². The summed E-state index contributed by atoms with van der Waals surface area (Å²) in [6.07, 6.45) is 15.9. The molecule has 0 aliphatic carbocycles. The van der Waals surface area contributed by atoms with E-state index in [0.29, 0.717) is 89.4 Å². The normalized spacial score (nSPS) is 11.7. The van der Waals surface area contributed by atoms with Gasteiger partial charge in [-0.05, 0) is 239 Å². The minimum Gasteiger partial charge on any atom is -0.378 e. The molecule has 0 fully saturated rings. The molecule has 0 amide bonds. The molecular formula is C96H76N16O8Zn. The molecule has 4 aliphatic rings. The molecule has 0 atom stereocenters. The number of anilines is 4. The average molecular weight is 1650 g/mol. The summed E-state index contributed by atoms with van der Waals surface area (Å²) < 4.78 is 0. The Hall–Kier alpha value is -15.6. The number of aromatic nitrogens is 8. The maximum absolute atomic E-state index is 11.6. The van der Waals surface area contributed by atoms with Gasteiger partial charge in [0, 0.05) is 236 Å². The molecule has 14 aromatic rings. The van der Waals surface area contributed by atoms with E-state index < -0.39 is 19.7 Å². The van der Waals surface area contributed by atoms with Gasteiger partial charge in [0.2, 0.25) is 0 Å². The summed E-state index contributed by atoms with van der Waals surface area (Å²) in [5.41, 5.74) is 29.3. The van der Waals surface area contributed by atoms with E-state index in [1.165, 1.54) is 48.5 Å². The van der Waals surface area contributed by atoms with Crippen molar-refractivity contribution in [3.63, 3.8) is 0 Å². The minimum atomic E-state index is -0.480. The van der Waals surface area contributed by atoms with E-state index in [1.807, 2.05) is 48.6 Å². The minimum absolute atomic E-state index is 0. The van der Waals surface area contributed by atoms with Crippen molar-refractivity contribution in [1.82, 2.24) is 39.9 Å². The predicted molar refractivity (Wildman–Crippen MR) is 485 cm³/mol. The van der Waals surface area contributed by atoms with Crippen molar-refractivity contribution in [2.45, 2.75) is 0 Å². The summed E-state index contributed by atoms with van der Waals surface area (Å²) in [5, 5.41) is 46.5. The fourth-order valence-electron chi connectivity index (χ4n) is 15.5. The Morgan fingerprint density at radius 3 is 0.446 bits per heavy atom. The molecular weight excluding hydrogens is 1570 g/mol. The molecule has 16 bridgehead atoms. The zero-order chi connectivity index (χ0) is 83.3. The summed E-state index contributed by atoms with van der Waals surface area (Å²) in [7, 11) is 16.5. The average Bonchev–Trinajstić information content (AvgIpc) is 1.62. The summed E-state index contributed by atoms with van der Waals surface area (Å²) in [4.78, 5) is 89.1. The van der Waals surface area contributed by atoms with Gasteiger partial charge in [0.15, 0.2) is 0 Å². The molecule has 0 saturated carbocycles. The van der Waals surface area contributed by atoms with Crippen LogP contribution in [-0.4, -0.2) is 116 Å². The summed E-state index contributed by atoms with van der Waals surface area (Å²) in [6, 6.07) is 75.4. The first-order chi connectivity index (χ1) is 58.0. The number of rotatable bonds is 16. The third kappa shape index (κ3) is 15.7. The number of non-ortho nitro benzene ring substituents is 4. The number of hydrogen-bond acceptors (Lipinski definition) is 16. The summed E-state index contributed by atoms with van der Waals surface area (Å²) >= 11 is 0.